The number of rotatable bonds is 6. The van der Waals surface area contributed by atoms with Crippen molar-refractivity contribution in [3.8, 4) is 6.07 Å². The maximum atomic E-state index is 12.7. The Bertz CT molecular complexity index is 1030. The third-order valence-corrected chi connectivity index (χ3v) is 5.94. The summed E-state index contributed by atoms with van der Waals surface area (Å²) in [6, 6.07) is 18.3. The summed E-state index contributed by atoms with van der Waals surface area (Å²) in [5, 5.41) is 10.2. The Labute approximate surface area is 177 Å². The minimum atomic E-state index is 0.273. The lowest BCUT2D eigenvalue weighted by Gasteiger charge is -2.22. The van der Waals surface area contributed by atoms with Crippen LogP contribution in [0.1, 0.15) is 36.0 Å². The molecule has 1 fully saturated rings. The van der Waals surface area contributed by atoms with Crippen LogP contribution in [0.5, 0.6) is 0 Å². The van der Waals surface area contributed by atoms with Crippen LogP contribution < -0.4 is 0 Å². The first-order valence-electron chi connectivity index (χ1n) is 10.8. The summed E-state index contributed by atoms with van der Waals surface area (Å²) in [6.45, 7) is 4.40. The third kappa shape index (κ3) is 4.90. The summed E-state index contributed by atoms with van der Waals surface area (Å²) in [6.07, 6.45) is 5.49. The molecule has 1 aromatic heterocycles. The first-order valence-corrected chi connectivity index (χ1v) is 10.8. The van der Waals surface area contributed by atoms with Gasteiger partial charge in [-0.1, -0.05) is 30.3 Å². The van der Waals surface area contributed by atoms with Crippen LogP contribution in [-0.2, 0) is 17.8 Å². The Morgan fingerprint density at radius 3 is 2.70 bits per heavy atom. The molecule has 1 amide bonds. The molecule has 0 unspecified atom stereocenters. The van der Waals surface area contributed by atoms with Gasteiger partial charge in [0, 0.05) is 56.2 Å². The molecular formula is C25H28N4O. The quantitative estimate of drug-likeness (QED) is 0.678. The number of fused-ring (bicyclic) bond motifs is 1. The molecule has 0 saturated carbocycles. The molecule has 30 heavy (non-hydrogen) atoms. The summed E-state index contributed by atoms with van der Waals surface area (Å²) >= 11 is 0. The second-order valence-electron chi connectivity index (χ2n) is 8.03. The van der Waals surface area contributed by atoms with Gasteiger partial charge < -0.3 is 9.88 Å². The maximum Gasteiger partial charge on any atom is 0.222 e. The Hall–Kier alpha value is -3.10. The van der Waals surface area contributed by atoms with Crippen molar-refractivity contribution >= 4 is 16.8 Å². The number of nitriles is 1. The van der Waals surface area contributed by atoms with Gasteiger partial charge in [0.1, 0.15) is 0 Å². The van der Waals surface area contributed by atoms with Crippen LogP contribution in [0.4, 0.5) is 0 Å². The average molecular weight is 401 g/mol. The zero-order chi connectivity index (χ0) is 20.8. The van der Waals surface area contributed by atoms with Crippen LogP contribution >= 0.6 is 0 Å². The molecule has 154 valence electrons. The van der Waals surface area contributed by atoms with Gasteiger partial charge in [0.15, 0.2) is 0 Å². The number of nitrogens with one attached hydrogen (secondary N) is 1. The molecular weight excluding hydrogens is 372 g/mol. The van der Waals surface area contributed by atoms with Gasteiger partial charge in [-0.2, -0.15) is 5.26 Å². The van der Waals surface area contributed by atoms with E-state index in [9.17, 15) is 4.79 Å². The molecule has 1 saturated heterocycles. The molecule has 1 N–H and O–H groups in total. The molecule has 0 bridgehead atoms. The van der Waals surface area contributed by atoms with E-state index in [1.54, 1.807) is 0 Å². The van der Waals surface area contributed by atoms with Crippen molar-refractivity contribution in [1.82, 2.24) is 14.8 Å². The number of H-pyrrole nitrogens is 1. The van der Waals surface area contributed by atoms with Gasteiger partial charge in [0.05, 0.1) is 11.6 Å². The van der Waals surface area contributed by atoms with Gasteiger partial charge >= 0.3 is 0 Å². The third-order valence-electron chi connectivity index (χ3n) is 5.94. The highest BCUT2D eigenvalue weighted by atomic mass is 16.2. The number of aromatic nitrogens is 1. The first kappa shape index (κ1) is 20.2. The number of carbonyl (C=O) groups excluding carboxylic acids is 1. The predicted octanol–water partition coefficient (Wildman–Crippen LogP) is 4.10. The van der Waals surface area contributed by atoms with Gasteiger partial charge in [-0.15, -0.1) is 0 Å². The Kier molecular flexibility index (Phi) is 6.46. The molecule has 3 aromatic rings. The fourth-order valence-corrected chi connectivity index (χ4v) is 4.25. The van der Waals surface area contributed by atoms with Crippen molar-refractivity contribution in [2.24, 2.45) is 0 Å². The number of carbonyl (C=O) groups is 1. The van der Waals surface area contributed by atoms with E-state index >= 15 is 0 Å². The number of hydrogen-bond donors (Lipinski definition) is 1. The Balaban J connectivity index is 1.24. The number of benzene rings is 2. The summed E-state index contributed by atoms with van der Waals surface area (Å²) in [7, 11) is 0. The smallest absolute Gasteiger partial charge is 0.222 e. The van der Waals surface area contributed by atoms with Gasteiger partial charge in [-0.3, -0.25) is 9.69 Å². The largest absolute Gasteiger partial charge is 0.361 e. The standard InChI is InChI=1S/C25H28N4O/c26-17-20-9-11-21(12-10-20)19-28-13-4-14-29(16-15-28)25(30)8-3-5-22-18-27-24-7-2-1-6-23(22)24/h1-2,6-7,9-12,18,27H,3-5,8,13-16,19H2. The molecule has 1 aliphatic heterocycles. The van der Waals surface area contributed by atoms with Crippen LogP contribution in [0.3, 0.4) is 0 Å². The predicted molar refractivity (Wildman–Crippen MR) is 119 cm³/mol. The minimum Gasteiger partial charge on any atom is -0.361 e. The Morgan fingerprint density at radius 2 is 1.87 bits per heavy atom. The van der Waals surface area contributed by atoms with Crippen LogP contribution in [0.15, 0.2) is 54.7 Å². The van der Waals surface area contributed by atoms with Crippen molar-refractivity contribution in [2.75, 3.05) is 26.2 Å². The fraction of sp³-hybridized carbons (Fsp3) is 0.360. The van der Waals surface area contributed by atoms with Crippen LogP contribution in [-0.4, -0.2) is 46.9 Å². The molecule has 5 heteroatoms. The summed E-state index contributed by atoms with van der Waals surface area (Å²) in [5.74, 6) is 0.273. The monoisotopic (exact) mass is 400 g/mol. The van der Waals surface area contributed by atoms with Crippen LogP contribution in [0.2, 0.25) is 0 Å². The summed E-state index contributed by atoms with van der Waals surface area (Å²) in [4.78, 5) is 20.5. The normalized spacial score (nSPS) is 15.1. The van der Waals surface area contributed by atoms with E-state index in [4.69, 9.17) is 5.26 Å². The molecule has 0 aliphatic carbocycles. The Morgan fingerprint density at radius 1 is 1.03 bits per heavy atom. The zero-order valence-corrected chi connectivity index (χ0v) is 17.3. The number of aromatic amines is 1. The number of nitrogens with zero attached hydrogens (tertiary/aromatic N) is 3. The second kappa shape index (κ2) is 9.60. The molecule has 1 aliphatic rings. The van der Waals surface area contributed by atoms with E-state index < -0.39 is 0 Å². The lowest BCUT2D eigenvalue weighted by Crippen LogP contribution is -2.35. The molecule has 0 atom stereocenters. The summed E-state index contributed by atoms with van der Waals surface area (Å²) in [5.41, 5.74) is 4.36. The highest BCUT2D eigenvalue weighted by Crippen LogP contribution is 2.20. The van der Waals surface area contributed by atoms with Gasteiger partial charge in [-0.25, -0.2) is 0 Å². The number of hydrogen-bond acceptors (Lipinski definition) is 3. The van der Waals surface area contributed by atoms with E-state index in [2.05, 4.69) is 40.3 Å². The SMILES string of the molecule is N#Cc1ccc(CN2CCCN(C(=O)CCCc3c[nH]c4ccccc34)CC2)cc1. The van der Waals surface area contributed by atoms with Gasteiger partial charge in [0.25, 0.3) is 0 Å². The van der Waals surface area contributed by atoms with Crippen molar-refractivity contribution in [3.05, 3.63) is 71.4 Å². The first-order chi connectivity index (χ1) is 14.7. The number of aryl methyl sites for hydroxylation is 1. The van der Waals surface area contributed by atoms with E-state index in [1.165, 1.54) is 16.5 Å². The highest BCUT2D eigenvalue weighted by molar-refractivity contribution is 5.83. The topological polar surface area (TPSA) is 63.1 Å². The van der Waals surface area contributed by atoms with Gasteiger partial charge in [0.2, 0.25) is 5.91 Å². The molecule has 2 aromatic carbocycles. The fourth-order valence-electron chi connectivity index (χ4n) is 4.25. The molecule has 0 spiro atoms. The molecule has 5 nitrogen and oxygen atoms in total. The lowest BCUT2D eigenvalue weighted by molar-refractivity contribution is -0.131. The van der Waals surface area contributed by atoms with E-state index in [1.807, 2.05) is 35.2 Å². The van der Waals surface area contributed by atoms with Crippen LogP contribution in [0.25, 0.3) is 10.9 Å². The van der Waals surface area contributed by atoms with Crippen molar-refractivity contribution in [2.45, 2.75) is 32.2 Å². The maximum absolute atomic E-state index is 12.7. The lowest BCUT2D eigenvalue weighted by atomic mass is 10.1. The summed E-state index contributed by atoms with van der Waals surface area (Å²) < 4.78 is 0. The molecule has 0 radical (unpaired) electrons. The highest BCUT2D eigenvalue weighted by Gasteiger charge is 2.19. The van der Waals surface area contributed by atoms with Crippen molar-refractivity contribution in [1.29, 1.82) is 5.26 Å². The van der Waals surface area contributed by atoms with Crippen molar-refractivity contribution < 1.29 is 4.79 Å². The number of amides is 1. The molecule has 4 rings (SSSR count). The average Bonchev–Trinajstić information content (AvgIpc) is 3.04. The van der Waals surface area contributed by atoms with E-state index in [0.717, 1.165) is 57.5 Å². The van der Waals surface area contributed by atoms with Gasteiger partial charge in [-0.05, 0) is 48.6 Å². The molecule has 2 heterocycles. The zero-order valence-electron chi connectivity index (χ0n) is 17.3. The van der Waals surface area contributed by atoms with E-state index in [0.29, 0.717) is 12.0 Å². The minimum absolute atomic E-state index is 0.273. The van der Waals surface area contributed by atoms with Crippen LogP contribution in [0, 0.1) is 11.3 Å². The van der Waals surface area contributed by atoms with E-state index in [-0.39, 0.29) is 5.91 Å². The second-order valence-corrected chi connectivity index (χ2v) is 8.03. The van der Waals surface area contributed by atoms with Crippen molar-refractivity contribution in [3.63, 3.8) is 0 Å². The number of para-hydroxylation sites is 1.